The van der Waals surface area contributed by atoms with Crippen molar-refractivity contribution < 1.29 is 14.4 Å². The number of hydrogen-bond acceptors (Lipinski definition) is 5. The summed E-state index contributed by atoms with van der Waals surface area (Å²) in [5.41, 5.74) is 1.11. The van der Waals surface area contributed by atoms with Crippen LogP contribution >= 0.6 is 0 Å². The number of hydrogen-bond donors (Lipinski definition) is 2. The Labute approximate surface area is 120 Å². The Morgan fingerprint density at radius 2 is 2.00 bits per heavy atom. The lowest BCUT2D eigenvalue weighted by Crippen LogP contribution is -2.03. The molecule has 0 aliphatic heterocycles. The number of carboxylic acid groups (broad SMARTS) is 1. The predicted molar refractivity (Wildman–Crippen MR) is 77.3 cm³/mol. The SMILES string of the molecule is Cc1noc(CNc2ccc(C(=O)O)c3ccccc23)n1. The minimum Gasteiger partial charge on any atom is -0.478 e. The maximum absolute atomic E-state index is 11.3. The minimum atomic E-state index is -0.940. The third-order valence-corrected chi connectivity index (χ3v) is 3.15. The highest BCUT2D eigenvalue weighted by molar-refractivity contribution is 6.07. The van der Waals surface area contributed by atoms with E-state index < -0.39 is 5.97 Å². The number of rotatable bonds is 4. The molecular weight excluding hydrogens is 270 g/mol. The highest BCUT2D eigenvalue weighted by Crippen LogP contribution is 2.27. The van der Waals surface area contributed by atoms with Crippen LogP contribution in [0.15, 0.2) is 40.9 Å². The second kappa shape index (κ2) is 5.24. The van der Waals surface area contributed by atoms with Crippen molar-refractivity contribution in [2.45, 2.75) is 13.5 Å². The van der Waals surface area contributed by atoms with Crippen LogP contribution in [0.4, 0.5) is 5.69 Å². The zero-order valence-electron chi connectivity index (χ0n) is 11.3. The third kappa shape index (κ3) is 2.55. The second-order valence-electron chi connectivity index (χ2n) is 4.60. The van der Waals surface area contributed by atoms with Gasteiger partial charge >= 0.3 is 5.97 Å². The van der Waals surface area contributed by atoms with E-state index in [4.69, 9.17) is 4.52 Å². The first-order chi connectivity index (χ1) is 10.1. The highest BCUT2D eigenvalue weighted by Gasteiger charge is 2.11. The van der Waals surface area contributed by atoms with Crippen LogP contribution in [-0.2, 0) is 6.54 Å². The average molecular weight is 283 g/mol. The van der Waals surface area contributed by atoms with Crippen molar-refractivity contribution >= 4 is 22.4 Å². The number of aromatic nitrogens is 2. The van der Waals surface area contributed by atoms with Gasteiger partial charge in [0.2, 0.25) is 5.89 Å². The summed E-state index contributed by atoms with van der Waals surface area (Å²) in [6.45, 7) is 2.14. The van der Waals surface area contributed by atoms with Crippen LogP contribution in [0.2, 0.25) is 0 Å². The fourth-order valence-corrected chi connectivity index (χ4v) is 2.22. The molecule has 2 aromatic carbocycles. The standard InChI is InChI=1S/C15H13N3O3/c1-9-17-14(21-18-9)8-16-13-7-6-12(15(19)20)10-4-2-3-5-11(10)13/h2-7,16H,8H2,1H3,(H,19,20). The van der Waals surface area contributed by atoms with Gasteiger partial charge in [-0.3, -0.25) is 0 Å². The third-order valence-electron chi connectivity index (χ3n) is 3.15. The van der Waals surface area contributed by atoms with Crippen molar-refractivity contribution in [3.05, 3.63) is 53.7 Å². The summed E-state index contributed by atoms with van der Waals surface area (Å²) in [7, 11) is 0. The van der Waals surface area contributed by atoms with E-state index in [9.17, 15) is 9.90 Å². The number of carboxylic acids is 1. The quantitative estimate of drug-likeness (QED) is 0.765. The molecule has 0 aliphatic rings. The van der Waals surface area contributed by atoms with Crippen LogP contribution in [0.25, 0.3) is 10.8 Å². The van der Waals surface area contributed by atoms with E-state index in [1.54, 1.807) is 25.1 Å². The van der Waals surface area contributed by atoms with Gasteiger partial charge in [0.25, 0.3) is 0 Å². The van der Waals surface area contributed by atoms with E-state index >= 15 is 0 Å². The fraction of sp³-hybridized carbons (Fsp3) is 0.133. The Balaban J connectivity index is 1.96. The van der Waals surface area contributed by atoms with E-state index in [0.29, 0.717) is 23.6 Å². The summed E-state index contributed by atoms with van der Waals surface area (Å²) in [6, 6.07) is 10.7. The number of nitrogens with one attached hydrogen (secondary N) is 1. The molecule has 0 radical (unpaired) electrons. The van der Waals surface area contributed by atoms with Gasteiger partial charge < -0.3 is 14.9 Å². The van der Waals surface area contributed by atoms with Crippen LogP contribution in [0, 0.1) is 6.92 Å². The number of carbonyl (C=O) groups is 1. The minimum absolute atomic E-state index is 0.282. The second-order valence-corrected chi connectivity index (χ2v) is 4.60. The van der Waals surface area contributed by atoms with Crippen molar-refractivity contribution in [2.75, 3.05) is 5.32 Å². The lowest BCUT2D eigenvalue weighted by molar-refractivity contribution is 0.0699. The zero-order valence-corrected chi connectivity index (χ0v) is 11.3. The van der Waals surface area contributed by atoms with Crippen molar-refractivity contribution in [3.8, 4) is 0 Å². The molecule has 0 fully saturated rings. The summed E-state index contributed by atoms with van der Waals surface area (Å²) >= 11 is 0. The van der Waals surface area contributed by atoms with E-state index in [1.807, 2.05) is 18.2 Å². The van der Waals surface area contributed by atoms with Gasteiger partial charge in [-0.1, -0.05) is 29.4 Å². The molecule has 1 heterocycles. The van der Waals surface area contributed by atoms with Gasteiger partial charge in [-0.15, -0.1) is 0 Å². The molecule has 21 heavy (non-hydrogen) atoms. The molecular formula is C15H13N3O3. The first-order valence-corrected chi connectivity index (χ1v) is 6.43. The Morgan fingerprint density at radius 1 is 1.24 bits per heavy atom. The smallest absolute Gasteiger partial charge is 0.336 e. The molecule has 6 nitrogen and oxygen atoms in total. The lowest BCUT2D eigenvalue weighted by atomic mass is 10.0. The fourth-order valence-electron chi connectivity index (χ4n) is 2.22. The normalized spacial score (nSPS) is 10.7. The largest absolute Gasteiger partial charge is 0.478 e. The van der Waals surface area contributed by atoms with Crippen molar-refractivity contribution in [1.82, 2.24) is 10.1 Å². The van der Waals surface area contributed by atoms with E-state index in [1.165, 1.54) is 0 Å². The molecule has 106 valence electrons. The van der Waals surface area contributed by atoms with E-state index in [-0.39, 0.29) is 5.56 Å². The van der Waals surface area contributed by atoms with Gasteiger partial charge in [0.15, 0.2) is 5.82 Å². The van der Waals surface area contributed by atoms with Crippen molar-refractivity contribution in [1.29, 1.82) is 0 Å². The molecule has 6 heteroatoms. The zero-order chi connectivity index (χ0) is 14.8. The topological polar surface area (TPSA) is 88.2 Å². The molecule has 0 saturated carbocycles. The Kier molecular flexibility index (Phi) is 3.27. The molecule has 3 rings (SSSR count). The Bertz CT molecular complexity index is 811. The van der Waals surface area contributed by atoms with Crippen LogP contribution in [0.3, 0.4) is 0 Å². The summed E-state index contributed by atoms with van der Waals surface area (Å²) in [5, 5.41) is 17.7. The molecule has 0 bridgehead atoms. The monoisotopic (exact) mass is 283 g/mol. The van der Waals surface area contributed by atoms with Gasteiger partial charge in [-0.2, -0.15) is 4.98 Å². The van der Waals surface area contributed by atoms with Crippen LogP contribution in [-0.4, -0.2) is 21.2 Å². The highest BCUT2D eigenvalue weighted by atomic mass is 16.5. The van der Waals surface area contributed by atoms with E-state index in [2.05, 4.69) is 15.5 Å². The first kappa shape index (κ1) is 13.1. The van der Waals surface area contributed by atoms with Gasteiger partial charge in [0, 0.05) is 11.1 Å². The number of fused-ring (bicyclic) bond motifs is 1. The summed E-state index contributed by atoms with van der Waals surface area (Å²) in [4.78, 5) is 15.4. The lowest BCUT2D eigenvalue weighted by Gasteiger charge is -2.10. The molecule has 0 aliphatic carbocycles. The number of nitrogens with zero attached hydrogens (tertiary/aromatic N) is 2. The molecule has 0 unspecified atom stereocenters. The van der Waals surface area contributed by atoms with Crippen molar-refractivity contribution in [2.24, 2.45) is 0 Å². The van der Waals surface area contributed by atoms with Crippen LogP contribution in [0.1, 0.15) is 22.1 Å². The maximum atomic E-state index is 11.3. The number of aromatic carboxylic acids is 1. The van der Waals surface area contributed by atoms with Crippen LogP contribution < -0.4 is 5.32 Å². The number of aryl methyl sites for hydroxylation is 1. The molecule has 3 aromatic rings. The van der Waals surface area contributed by atoms with Gasteiger partial charge in [0.1, 0.15) is 0 Å². The summed E-state index contributed by atoms with van der Waals surface area (Å²) in [5.74, 6) is 0.127. The summed E-state index contributed by atoms with van der Waals surface area (Å²) < 4.78 is 5.04. The molecule has 0 atom stereocenters. The number of anilines is 1. The molecule has 2 N–H and O–H groups in total. The van der Waals surface area contributed by atoms with Gasteiger partial charge in [0.05, 0.1) is 12.1 Å². The average Bonchev–Trinajstić information content (AvgIpc) is 2.90. The predicted octanol–water partition coefficient (Wildman–Crippen LogP) is 2.84. The molecule has 0 saturated heterocycles. The van der Waals surface area contributed by atoms with Crippen LogP contribution in [0.5, 0.6) is 0 Å². The van der Waals surface area contributed by atoms with Gasteiger partial charge in [-0.05, 0) is 24.4 Å². The molecule has 1 aromatic heterocycles. The Hall–Kier alpha value is -2.89. The number of benzene rings is 2. The van der Waals surface area contributed by atoms with E-state index in [0.717, 1.165) is 11.1 Å². The van der Waals surface area contributed by atoms with Gasteiger partial charge in [-0.25, -0.2) is 4.79 Å². The Morgan fingerprint density at radius 3 is 2.67 bits per heavy atom. The van der Waals surface area contributed by atoms with Crippen molar-refractivity contribution in [3.63, 3.8) is 0 Å². The summed E-state index contributed by atoms with van der Waals surface area (Å²) in [6.07, 6.45) is 0. The molecule has 0 amide bonds. The molecule has 0 spiro atoms. The first-order valence-electron chi connectivity index (χ1n) is 6.43. The maximum Gasteiger partial charge on any atom is 0.336 e.